The minimum absolute atomic E-state index is 0.178. The molecule has 1 amide bonds. The average molecular weight is 241 g/mol. The Morgan fingerprint density at radius 1 is 1.47 bits per heavy atom. The molecule has 0 saturated heterocycles. The topological polar surface area (TPSA) is 78.9 Å². The van der Waals surface area contributed by atoms with Gasteiger partial charge in [0.2, 0.25) is 5.91 Å². The van der Waals surface area contributed by atoms with Crippen LogP contribution in [-0.2, 0) is 4.79 Å². The number of amidine groups is 1. The molecule has 3 N–H and O–H groups in total. The zero-order valence-electron chi connectivity index (χ0n) is 10.6. The molecular formula is C12H23N3O2. The highest BCUT2D eigenvalue weighted by Crippen LogP contribution is 2.27. The maximum Gasteiger partial charge on any atom is 0.222 e. The van der Waals surface area contributed by atoms with E-state index in [1.165, 1.54) is 25.7 Å². The standard InChI is InChI=1S/C12H23N3O2/c1-2-15(8-7-11(13)14-17)12(16)9-10-5-3-4-6-10/h10,17H,2-9H2,1H3,(H2,13,14). The van der Waals surface area contributed by atoms with Crippen LogP contribution in [0.15, 0.2) is 5.16 Å². The van der Waals surface area contributed by atoms with Gasteiger partial charge in [-0.3, -0.25) is 4.79 Å². The first-order valence-electron chi connectivity index (χ1n) is 6.41. The van der Waals surface area contributed by atoms with Gasteiger partial charge in [0.1, 0.15) is 5.84 Å². The number of rotatable bonds is 6. The van der Waals surface area contributed by atoms with Crippen LogP contribution >= 0.6 is 0 Å². The molecule has 1 aliphatic carbocycles. The molecule has 5 heteroatoms. The number of carbonyl (C=O) groups excluding carboxylic acids is 1. The maximum absolute atomic E-state index is 12.0. The van der Waals surface area contributed by atoms with Crippen LogP contribution in [0.3, 0.4) is 0 Å². The first-order valence-corrected chi connectivity index (χ1v) is 6.41. The van der Waals surface area contributed by atoms with Gasteiger partial charge < -0.3 is 15.8 Å². The van der Waals surface area contributed by atoms with Crippen LogP contribution in [0.1, 0.15) is 45.4 Å². The van der Waals surface area contributed by atoms with E-state index in [1.54, 1.807) is 4.90 Å². The van der Waals surface area contributed by atoms with Gasteiger partial charge in [-0.25, -0.2) is 0 Å². The van der Waals surface area contributed by atoms with E-state index in [9.17, 15) is 4.79 Å². The van der Waals surface area contributed by atoms with Gasteiger partial charge in [-0.2, -0.15) is 0 Å². The highest BCUT2D eigenvalue weighted by atomic mass is 16.4. The van der Waals surface area contributed by atoms with Crippen molar-refractivity contribution in [2.24, 2.45) is 16.8 Å². The van der Waals surface area contributed by atoms with Crippen molar-refractivity contribution in [2.75, 3.05) is 13.1 Å². The van der Waals surface area contributed by atoms with E-state index in [1.807, 2.05) is 6.92 Å². The summed E-state index contributed by atoms with van der Waals surface area (Å²) in [4.78, 5) is 13.8. The Morgan fingerprint density at radius 2 is 2.12 bits per heavy atom. The molecule has 1 rings (SSSR count). The predicted molar refractivity (Wildman–Crippen MR) is 66.9 cm³/mol. The number of oxime groups is 1. The van der Waals surface area contributed by atoms with E-state index < -0.39 is 0 Å². The highest BCUT2D eigenvalue weighted by Gasteiger charge is 2.21. The van der Waals surface area contributed by atoms with Crippen molar-refractivity contribution >= 4 is 11.7 Å². The smallest absolute Gasteiger partial charge is 0.222 e. The van der Waals surface area contributed by atoms with Gasteiger partial charge in [0, 0.05) is 25.9 Å². The molecule has 0 aromatic heterocycles. The van der Waals surface area contributed by atoms with Crippen LogP contribution in [-0.4, -0.2) is 34.9 Å². The lowest BCUT2D eigenvalue weighted by Gasteiger charge is -2.22. The Balaban J connectivity index is 2.34. The summed E-state index contributed by atoms with van der Waals surface area (Å²) < 4.78 is 0. The first kappa shape index (κ1) is 13.8. The van der Waals surface area contributed by atoms with Gasteiger partial charge in [-0.1, -0.05) is 18.0 Å². The minimum atomic E-state index is 0.178. The van der Waals surface area contributed by atoms with Crippen molar-refractivity contribution in [2.45, 2.75) is 45.4 Å². The molecule has 0 bridgehead atoms. The molecule has 1 saturated carbocycles. The fraction of sp³-hybridized carbons (Fsp3) is 0.833. The molecular weight excluding hydrogens is 218 g/mol. The second kappa shape index (κ2) is 7.14. The molecule has 0 aromatic carbocycles. The number of hydrogen-bond acceptors (Lipinski definition) is 3. The van der Waals surface area contributed by atoms with E-state index in [0.717, 1.165) is 0 Å². The number of nitrogens with two attached hydrogens (primary N) is 1. The molecule has 17 heavy (non-hydrogen) atoms. The van der Waals surface area contributed by atoms with Gasteiger partial charge in [0.05, 0.1) is 0 Å². The first-order chi connectivity index (χ1) is 8.17. The number of nitrogens with zero attached hydrogens (tertiary/aromatic N) is 2. The number of carbonyl (C=O) groups is 1. The molecule has 0 radical (unpaired) electrons. The zero-order valence-corrected chi connectivity index (χ0v) is 10.6. The summed E-state index contributed by atoms with van der Waals surface area (Å²) in [7, 11) is 0. The normalized spacial score (nSPS) is 17.4. The SMILES string of the molecule is CCN(CCC(N)=NO)C(=O)CC1CCCC1. The lowest BCUT2D eigenvalue weighted by molar-refractivity contribution is -0.131. The van der Waals surface area contributed by atoms with Gasteiger partial charge in [0.15, 0.2) is 0 Å². The second-order valence-electron chi connectivity index (χ2n) is 4.67. The minimum Gasteiger partial charge on any atom is -0.409 e. The quantitative estimate of drug-likeness (QED) is 0.320. The number of hydrogen-bond donors (Lipinski definition) is 2. The van der Waals surface area contributed by atoms with Crippen LogP contribution in [0.4, 0.5) is 0 Å². The highest BCUT2D eigenvalue weighted by molar-refractivity contribution is 5.81. The molecule has 0 aromatic rings. The van der Waals surface area contributed by atoms with Gasteiger partial charge in [0.25, 0.3) is 0 Å². The Kier molecular flexibility index (Phi) is 5.80. The van der Waals surface area contributed by atoms with Crippen LogP contribution < -0.4 is 5.73 Å². The lowest BCUT2D eigenvalue weighted by atomic mass is 10.0. The number of amides is 1. The van der Waals surface area contributed by atoms with Crippen molar-refractivity contribution in [3.63, 3.8) is 0 Å². The van der Waals surface area contributed by atoms with E-state index in [2.05, 4.69) is 5.16 Å². The summed E-state index contributed by atoms with van der Waals surface area (Å²) in [6.45, 7) is 3.18. The summed E-state index contributed by atoms with van der Waals surface area (Å²) >= 11 is 0. The third-order valence-corrected chi connectivity index (χ3v) is 3.44. The fourth-order valence-corrected chi connectivity index (χ4v) is 2.35. The van der Waals surface area contributed by atoms with E-state index in [0.29, 0.717) is 31.8 Å². The van der Waals surface area contributed by atoms with Gasteiger partial charge in [-0.15, -0.1) is 0 Å². The third kappa shape index (κ3) is 4.63. The largest absolute Gasteiger partial charge is 0.409 e. The van der Waals surface area contributed by atoms with Crippen LogP contribution in [0.2, 0.25) is 0 Å². The van der Waals surface area contributed by atoms with E-state index >= 15 is 0 Å². The second-order valence-corrected chi connectivity index (χ2v) is 4.67. The molecule has 0 aliphatic heterocycles. The van der Waals surface area contributed by atoms with Gasteiger partial charge >= 0.3 is 0 Å². The van der Waals surface area contributed by atoms with Gasteiger partial charge in [-0.05, 0) is 25.7 Å². The van der Waals surface area contributed by atoms with Crippen molar-refractivity contribution in [3.05, 3.63) is 0 Å². The molecule has 0 atom stereocenters. The summed E-state index contributed by atoms with van der Waals surface area (Å²) in [5.41, 5.74) is 5.40. The summed E-state index contributed by atoms with van der Waals surface area (Å²) in [5, 5.41) is 11.4. The zero-order chi connectivity index (χ0) is 12.7. The van der Waals surface area contributed by atoms with Crippen molar-refractivity contribution in [1.82, 2.24) is 4.90 Å². The van der Waals surface area contributed by atoms with Crippen molar-refractivity contribution in [1.29, 1.82) is 0 Å². The lowest BCUT2D eigenvalue weighted by Crippen LogP contribution is -2.34. The summed E-state index contributed by atoms with van der Waals surface area (Å²) in [6, 6.07) is 0. The van der Waals surface area contributed by atoms with E-state index in [-0.39, 0.29) is 11.7 Å². The van der Waals surface area contributed by atoms with Crippen molar-refractivity contribution < 1.29 is 10.0 Å². The molecule has 5 nitrogen and oxygen atoms in total. The molecule has 0 heterocycles. The van der Waals surface area contributed by atoms with E-state index in [4.69, 9.17) is 10.9 Å². The summed E-state index contributed by atoms with van der Waals surface area (Å²) in [5.74, 6) is 0.947. The molecule has 0 spiro atoms. The summed E-state index contributed by atoms with van der Waals surface area (Å²) in [6.07, 6.45) is 5.97. The fourth-order valence-electron chi connectivity index (χ4n) is 2.35. The molecule has 98 valence electrons. The van der Waals surface area contributed by atoms with Crippen LogP contribution in [0.5, 0.6) is 0 Å². The monoisotopic (exact) mass is 241 g/mol. The Bertz CT molecular complexity index is 273. The average Bonchev–Trinajstić information content (AvgIpc) is 2.82. The predicted octanol–water partition coefficient (Wildman–Crippen LogP) is 1.55. The molecule has 1 fully saturated rings. The molecule has 1 aliphatic rings. The maximum atomic E-state index is 12.0. The Hall–Kier alpha value is -1.26. The third-order valence-electron chi connectivity index (χ3n) is 3.44. The Morgan fingerprint density at radius 3 is 2.65 bits per heavy atom. The van der Waals surface area contributed by atoms with Crippen LogP contribution in [0, 0.1) is 5.92 Å². The van der Waals surface area contributed by atoms with Crippen LogP contribution in [0.25, 0.3) is 0 Å². The Labute approximate surface area is 103 Å². The van der Waals surface area contributed by atoms with Crippen molar-refractivity contribution in [3.8, 4) is 0 Å². The molecule has 0 unspecified atom stereocenters.